The van der Waals surface area contributed by atoms with Gasteiger partial charge in [0.2, 0.25) is 0 Å². The fourth-order valence-corrected chi connectivity index (χ4v) is 2.77. The van der Waals surface area contributed by atoms with Gasteiger partial charge in [-0.05, 0) is 46.9 Å². The smallest absolute Gasteiger partial charge is 0.266 e. The van der Waals surface area contributed by atoms with Crippen molar-refractivity contribution in [2.24, 2.45) is 0 Å². The Kier molecular flexibility index (Phi) is 5.04. The number of halogens is 1. The summed E-state index contributed by atoms with van der Waals surface area (Å²) in [7, 11) is 0. The summed E-state index contributed by atoms with van der Waals surface area (Å²) in [4.78, 5) is 24.1. The summed E-state index contributed by atoms with van der Waals surface area (Å²) in [5.41, 5.74) is 0.387. The van der Waals surface area contributed by atoms with Crippen LogP contribution in [0.2, 0.25) is 0 Å². The van der Waals surface area contributed by atoms with Crippen molar-refractivity contribution in [3.63, 3.8) is 0 Å². The molecular weight excluding hydrogens is 421 g/mol. The molecule has 7 nitrogen and oxygen atoms in total. The molecule has 3 rings (SSSR count). The van der Waals surface area contributed by atoms with Crippen LogP contribution in [-0.2, 0) is 6.54 Å². The number of rotatable bonds is 5. The van der Waals surface area contributed by atoms with Crippen LogP contribution < -0.4 is 10.9 Å². The lowest BCUT2D eigenvalue weighted by atomic mass is 10.2. The Labute approximate surface area is 151 Å². The van der Waals surface area contributed by atoms with Crippen molar-refractivity contribution in [2.75, 3.05) is 6.54 Å². The Morgan fingerprint density at radius 1 is 1.17 bits per heavy atom. The lowest BCUT2D eigenvalue weighted by Gasteiger charge is -2.09. The number of carbonyl (C=O) groups is 1. The summed E-state index contributed by atoms with van der Waals surface area (Å²) < 4.78 is 3.76. The highest BCUT2D eigenvalue weighted by Crippen LogP contribution is 2.10. The maximum atomic E-state index is 12.2. The Hall–Kier alpha value is -2.49. The van der Waals surface area contributed by atoms with Crippen LogP contribution in [0.15, 0.2) is 59.7 Å². The van der Waals surface area contributed by atoms with Gasteiger partial charge in [-0.1, -0.05) is 12.1 Å². The van der Waals surface area contributed by atoms with Gasteiger partial charge in [-0.25, -0.2) is 9.36 Å². The van der Waals surface area contributed by atoms with E-state index in [1.165, 1.54) is 10.7 Å². The predicted octanol–water partition coefficient (Wildman–Crippen LogP) is 1.46. The highest BCUT2D eigenvalue weighted by atomic mass is 127. The van der Waals surface area contributed by atoms with E-state index in [9.17, 15) is 9.59 Å². The minimum Gasteiger partial charge on any atom is -0.350 e. The van der Waals surface area contributed by atoms with E-state index in [2.05, 4.69) is 38.1 Å². The molecule has 0 aliphatic rings. The highest BCUT2D eigenvalue weighted by molar-refractivity contribution is 14.1. The van der Waals surface area contributed by atoms with Crippen molar-refractivity contribution in [1.82, 2.24) is 24.9 Å². The van der Waals surface area contributed by atoms with Gasteiger partial charge in [-0.15, -0.1) is 5.10 Å². The van der Waals surface area contributed by atoms with Gasteiger partial charge < -0.3 is 5.32 Å². The maximum absolute atomic E-state index is 12.2. The number of benzene rings is 1. The molecule has 122 valence electrons. The van der Waals surface area contributed by atoms with Crippen LogP contribution in [0.4, 0.5) is 0 Å². The monoisotopic (exact) mass is 435 g/mol. The molecule has 0 atom stereocenters. The average Bonchev–Trinajstić information content (AvgIpc) is 3.11. The number of nitrogens with zero attached hydrogens (tertiary/aromatic N) is 4. The molecule has 0 spiro atoms. The number of carbonyl (C=O) groups excluding carboxylic acids is 1. The SMILES string of the molecule is O=C(NCCn1nc(-n2cccn2)ccc1=O)c1ccccc1I. The van der Waals surface area contributed by atoms with Gasteiger partial charge in [0.05, 0.1) is 12.1 Å². The van der Waals surface area contributed by atoms with E-state index in [-0.39, 0.29) is 18.0 Å². The van der Waals surface area contributed by atoms with Crippen molar-refractivity contribution in [3.8, 4) is 5.82 Å². The molecular formula is C16H14IN5O2. The second-order valence-corrected chi connectivity index (χ2v) is 6.10. The number of aromatic nitrogens is 4. The number of hydrogen-bond acceptors (Lipinski definition) is 4. The first kappa shape index (κ1) is 16.4. The Bertz CT molecular complexity index is 905. The molecule has 2 aromatic heterocycles. The molecule has 1 amide bonds. The van der Waals surface area contributed by atoms with Crippen LogP contribution in [-0.4, -0.2) is 32.0 Å². The predicted molar refractivity (Wildman–Crippen MR) is 97.1 cm³/mol. The van der Waals surface area contributed by atoms with Crippen LogP contribution in [0.1, 0.15) is 10.4 Å². The van der Waals surface area contributed by atoms with Crippen LogP contribution in [0.5, 0.6) is 0 Å². The van der Waals surface area contributed by atoms with Crippen LogP contribution >= 0.6 is 22.6 Å². The molecule has 0 aliphatic carbocycles. The number of nitrogens with one attached hydrogen (secondary N) is 1. The molecule has 0 aliphatic heterocycles. The molecule has 0 fully saturated rings. The molecule has 24 heavy (non-hydrogen) atoms. The zero-order valence-electron chi connectivity index (χ0n) is 12.6. The van der Waals surface area contributed by atoms with Crippen molar-refractivity contribution in [2.45, 2.75) is 6.54 Å². The van der Waals surface area contributed by atoms with E-state index in [0.717, 1.165) is 3.57 Å². The fourth-order valence-electron chi connectivity index (χ4n) is 2.14. The van der Waals surface area contributed by atoms with Gasteiger partial charge in [0.1, 0.15) is 0 Å². The zero-order valence-corrected chi connectivity index (χ0v) is 14.8. The number of hydrogen-bond donors (Lipinski definition) is 1. The van der Waals surface area contributed by atoms with Crippen molar-refractivity contribution in [3.05, 3.63) is 74.3 Å². The lowest BCUT2D eigenvalue weighted by Crippen LogP contribution is -2.32. The lowest BCUT2D eigenvalue weighted by molar-refractivity contribution is 0.0951. The van der Waals surface area contributed by atoms with Gasteiger partial charge >= 0.3 is 0 Å². The van der Waals surface area contributed by atoms with Gasteiger partial charge in [0.15, 0.2) is 5.82 Å². The van der Waals surface area contributed by atoms with E-state index in [1.54, 1.807) is 35.3 Å². The normalized spacial score (nSPS) is 10.5. The minimum absolute atomic E-state index is 0.170. The third kappa shape index (κ3) is 3.70. The van der Waals surface area contributed by atoms with Gasteiger partial charge in [-0.2, -0.15) is 5.10 Å². The van der Waals surface area contributed by atoms with Gasteiger partial charge in [0, 0.05) is 28.6 Å². The Balaban J connectivity index is 1.67. The quantitative estimate of drug-likeness (QED) is 0.616. The summed E-state index contributed by atoms with van der Waals surface area (Å²) >= 11 is 2.12. The highest BCUT2D eigenvalue weighted by Gasteiger charge is 2.09. The molecule has 1 N–H and O–H groups in total. The Morgan fingerprint density at radius 3 is 2.75 bits per heavy atom. The molecule has 0 saturated carbocycles. The first-order valence-electron chi connectivity index (χ1n) is 7.26. The second kappa shape index (κ2) is 7.39. The average molecular weight is 435 g/mol. The van der Waals surface area contributed by atoms with E-state index in [4.69, 9.17) is 0 Å². The summed E-state index contributed by atoms with van der Waals surface area (Å²) in [6.45, 7) is 0.586. The molecule has 1 aromatic carbocycles. The second-order valence-electron chi connectivity index (χ2n) is 4.94. The third-order valence-electron chi connectivity index (χ3n) is 3.32. The molecule has 0 radical (unpaired) electrons. The molecule has 0 saturated heterocycles. The van der Waals surface area contributed by atoms with Crippen LogP contribution in [0.25, 0.3) is 5.82 Å². The molecule has 8 heteroatoms. The standard InChI is InChI=1S/C16H14IN5O2/c17-13-5-2-1-4-12(13)16(24)18-9-11-22-15(23)7-6-14(20-22)21-10-3-8-19-21/h1-8,10H,9,11H2,(H,18,24). The summed E-state index contributed by atoms with van der Waals surface area (Å²) in [5, 5.41) is 11.1. The van der Waals surface area contributed by atoms with Crippen LogP contribution in [0.3, 0.4) is 0 Å². The molecule has 0 unspecified atom stereocenters. The van der Waals surface area contributed by atoms with E-state index < -0.39 is 0 Å². The van der Waals surface area contributed by atoms with Crippen molar-refractivity contribution < 1.29 is 4.79 Å². The zero-order chi connectivity index (χ0) is 16.9. The van der Waals surface area contributed by atoms with Crippen molar-refractivity contribution in [1.29, 1.82) is 0 Å². The summed E-state index contributed by atoms with van der Waals surface area (Å²) in [5.74, 6) is 0.375. The number of amides is 1. The molecule has 3 aromatic rings. The minimum atomic E-state index is -0.227. The summed E-state index contributed by atoms with van der Waals surface area (Å²) in [6, 6.07) is 12.1. The largest absolute Gasteiger partial charge is 0.350 e. The fraction of sp³-hybridized carbons (Fsp3) is 0.125. The molecule has 0 bridgehead atoms. The van der Waals surface area contributed by atoms with E-state index in [1.807, 2.05) is 18.2 Å². The van der Waals surface area contributed by atoms with Crippen LogP contribution in [0, 0.1) is 3.57 Å². The topological polar surface area (TPSA) is 81.8 Å². The van der Waals surface area contributed by atoms with Crippen molar-refractivity contribution >= 4 is 28.5 Å². The molecule has 2 heterocycles. The Morgan fingerprint density at radius 2 is 2.00 bits per heavy atom. The van der Waals surface area contributed by atoms with E-state index in [0.29, 0.717) is 17.9 Å². The van der Waals surface area contributed by atoms with Gasteiger partial charge in [0.25, 0.3) is 11.5 Å². The van der Waals surface area contributed by atoms with E-state index >= 15 is 0 Å². The maximum Gasteiger partial charge on any atom is 0.266 e. The first-order valence-corrected chi connectivity index (χ1v) is 8.34. The van der Waals surface area contributed by atoms with Gasteiger partial charge in [-0.3, -0.25) is 9.59 Å². The first-order chi connectivity index (χ1) is 11.6. The summed E-state index contributed by atoms with van der Waals surface area (Å²) in [6.07, 6.45) is 3.38. The third-order valence-corrected chi connectivity index (χ3v) is 4.26.